The van der Waals surface area contributed by atoms with E-state index in [1.807, 2.05) is 6.92 Å². The van der Waals surface area contributed by atoms with Gasteiger partial charge in [-0.15, -0.1) is 0 Å². The quantitative estimate of drug-likeness (QED) is 0.290. The average Bonchev–Trinajstić information content (AvgIpc) is 2.65. The van der Waals surface area contributed by atoms with Crippen LogP contribution in [-0.4, -0.2) is 23.0 Å². The van der Waals surface area contributed by atoms with Gasteiger partial charge in [0.1, 0.15) is 0 Å². The Morgan fingerprint density at radius 3 is 2.75 bits per heavy atom. The fourth-order valence-electron chi connectivity index (χ4n) is 2.24. The predicted molar refractivity (Wildman–Crippen MR) is 62.1 cm³/mol. The first-order valence-electron chi connectivity index (χ1n) is 5.87. The van der Waals surface area contributed by atoms with E-state index in [1.165, 1.54) is 0 Å². The molecule has 1 rings (SSSR count). The SMILES string of the molecule is CCC(C(=O)NC1CCCC1C)C(N)=NO. The van der Waals surface area contributed by atoms with Crippen molar-refractivity contribution in [2.75, 3.05) is 0 Å². The summed E-state index contributed by atoms with van der Waals surface area (Å²) in [7, 11) is 0. The zero-order valence-corrected chi connectivity index (χ0v) is 9.94. The van der Waals surface area contributed by atoms with Crippen LogP contribution >= 0.6 is 0 Å². The molecule has 0 aromatic heterocycles. The summed E-state index contributed by atoms with van der Waals surface area (Å²) in [4.78, 5) is 11.9. The molecule has 0 aliphatic heterocycles. The molecule has 5 nitrogen and oxygen atoms in total. The number of nitrogens with two attached hydrogens (primary N) is 1. The molecule has 1 aliphatic carbocycles. The lowest BCUT2D eigenvalue weighted by Gasteiger charge is -2.20. The van der Waals surface area contributed by atoms with Gasteiger partial charge in [-0.25, -0.2) is 0 Å². The van der Waals surface area contributed by atoms with Crippen molar-refractivity contribution >= 4 is 11.7 Å². The second-order valence-electron chi connectivity index (χ2n) is 4.51. The molecule has 0 aromatic carbocycles. The molecule has 92 valence electrons. The summed E-state index contributed by atoms with van der Waals surface area (Å²) in [5.74, 6) is -0.131. The fourth-order valence-corrected chi connectivity index (χ4v) is 2.24. The van der Waals surface area contributed by atoms with E-state index < -0.39 is 5.92 Å². The van der Waals surface area contributed by atoms with Gasteiger partial charge in [0, 0.05) is 6.04 Å². The highest BCUT2D eigenvalue weighted by molar-refractivity contribution is 6.02. The summed E-state index contributed by atoms with van der Waals surface area (Å²) in [5.41, 5.74) is 5.48. The summed E-state index contributed by atoms with van der Waals surface area (Å²) < 4.78 is 0. The van der Waals surface area contributed by atoms with E-state index >= 15 is 0 Å². The van der Waals surface area contributed by atoms with Crippen LogP contribution in [0, 0.1) is 11.8 Å². The molecule has 0 spiro atoms. The van der Waals surface area contributed by atoms with E-state index in [9.17, 15) is 4.79 Å². The summed E-state index contributed by atoms with van der Waals surface area (Å²) in [5, 5.41) is 14.5. The lowest BCUT2D eigenvalue weighted by molar-refractivity contribution is -0.124. The predicted octanol–water partition coefficient (Wildman–Crippen LogP) is 1.06. The molecule has 5 heteroatoms. The summed E-state index contributed by atoms with van der Waals surface area (Å²) >= 11 is 0. The molecule has 0 bridgehead atoms. The molecule has 3 atom stereocenters. The van der Waals surface area contributed by atoms with Crippen molar-refractivity contribution in [2.24, 2.45) is 22.7 Å². The number of hydrogen-bond acceptors (Lipinski definition) is 3. The first kappa shape index (κ1) is 12.8. The third-order valence-corrected chi connectivity index (χ3v) is 3.39. The molecule has 4 N–H and O–H groups in total. The highest BCUT2D eigenvalue weighted by Crippen LogP contribution is 2.25. The topological polar surface area (TPSA) is 87.7 Å². The lowest BCUT2D eigenvalue weighted by Crippen LogP contribution is -2.44. The van der Waals surface area contributed by atoms with Crippen LogP contribution in [0.1, 0.15) is 39.5 Å². The zero-order valence-electron chi connectivity index (χ0n) is 9.94. The van der Waals surface area contributed by atoms with Crippen LogP contribution in [0.2, 0.25) is 0 Å². The van der Waals surface area contributed by atoms with Crippen LogP contribution in [0.15, 0.2) is 5.16 Å². The largest absolute Gasteiger partial charge is 0.409 e. The van der Waals surface area contributed by atoms with Crippen LogP contribution < -0.4 is 11.1 Å². The van der Waals surface area contributed by atoms with Crippen molar-refractivity contribution < 1.29 is 10.0 Å². The number of amides is 1. The Kier molecular flexibility index (Phi) is 4.58. The van der Waals surface area contributed by atoms with Gasteiger partial charge in [0.15, 0.2) is 5.84 Å². The highest BCUT2D eigenvalue weighted by Gasteiger charge is 2.28. The monoisotopic (exact) mass is 227 g/mol. The van der Waals surface area contributed by atoms with Crippen molar-refractivity contribution in [3.63, 3.8) is 0 Å². The minimum atomic E-state index is -0.516. The van der Waals surface area contributed by atoms with Crippen LogP contribution in [0.25, 0.3) is 0 Å². The first-order valence-corrected chi connectivity index (χ1v) is 5.87. The van der Waals surface area contributed by atoms with Gasteiger partial charge in [-0.05, 0) is 25.2 Å². The molecule has 1 saturated carbocycles. The minimum Gasteiger partial charge on any atom is -0.409 e. The summed E-state index contributed by atoms with van der Waals surface area (Å²) in [6.07, 6.45) is 3.89. The molecule has 3 unspecified atom stereocenters. The van der Waals surface area contributed by atoms with E-state index in [2.05, 4.69) is 17.4 Å². The Balaban J connectivity index is 2.56. The Labute approximate surface area is 96.1 Å². The maximum Gasteiger partial charge on any atom is 0.231 e. The third-order valence-electron chi connectivity index (χ3n) is 3.39. The molecule has 1 fully saturated rings. The summed E-state index contributed by atoms with van der Waals surface area (Å²) in [6, 6.07) is 0.244. The molecule has 0 heterocycles. The van der Waals surface area contributed by atoms with Gasteiger partial charge in [0.25, 0.3) is 0 Å². The molecule has 0 saturated heterocycles. The van der Waals surface area contributed by atoms with Gasteiger partial charge in [-0.3, -0.25) is 4.79 Å². The van der Waals surface area contributed by atoms with Crippen molar-refractivity contribution in [3.8, 4) is 0 Å². The number of nitrogens with zero attached hydrogens (tertiary/aromatic N) is 1. The van der Waals surface area contributed by atoms with Gasteiger partial charge in [-0.1, -0.05) is 25.4 Å². The minimum absolute atomic E-state index is 0.00866. The third kappa shape index (κ3) is 2.87. The van der Waals surface area contributed by atoms with E-state index in [0.717, 1.165) is 19.3 Å². The second-order valence-corrected chi connectivity index (χ2v) is 4.51. The van der Waals surface area contributed by atoms with E-state index in [4.69, 9.17) is 10.9 Å². The van der Waals surface area contributed by atoms with E-state index in [1.54, 1.807) is 0 Å². The molecule has 1 amide bonds. The van der Waals surface area contributed by atoms with Crippen molar-refractivity contribution in [1.82, 2.24) is 5.32 Å². The van der Waals surface area contributed by atoms with Gasteiger partial charge in [-0.2, -0.15) is 0 Å². The fraction of sp³-hybridized carbons (Fsp3) is 0.818. The van der Waals surface area contributed by atoms with Crippen LogP contribution in [0.4, 0.5) is 0 Å². The van der Waals surface area contributed by atoms with Gasteiger partial charge in [0.05, 0.1) is 5.92 Å². The number of rotatable bonds is 4. The number of nitrogens with one attached hydrogen (secondary N) is 1. The number of hydrogen-bond donors (Lipinski definition) is 3. The van der Waals surface area contributed by atoms with Crippen LogP contribution in [0.3, 0.4) is 0 Å². The zero-order chi connectivity index (χ0) is 12.1. The van der Waals surface area contributed by atoms with Crippen molar-refractivity contribution in [3.05, 3.63) is 0 Å². The summed E-state index contributed by atoms with van der Waals surface area (Å²) in [6.45, 7) is 3.99. The van der Waals surface area contributed by atoms with E-state index in [-0.39, 0.29) is 17.8 Å². The number of oxime groups is 1. The lowest BCUT2D eigenvalue weighted by atomic mass is 10.0. The molecular formula is C11H21N3O2. The Bertz CT molecular complexity index is 278. The standard InChI is InChI=1S/C11H21N3O2/c1-3-8(10(12)14-16)11(15)13-9-6-4-5-7(9)2/h7-9,16H,3-6H2,1-2H3,(H2,12,14)(H,13,15). The Morgan fingerprint density at radius 2 is 2.31 bits per heavy atom. The Morgan fingerprint density at radius 1 is 1.62 bits per heavy atom. The molecular weight excluding hydrogens is 206 g/mol. The maximum absolute atomic E-state index is 11.9. The molecule has 16 heavy (non-hydrogen) atoms. The molecule has 0 aromatic rings. The maximum atomic E-state index is 11.9. The van der Waals surface area contributed by atoms with E-state index in [0.29, 0.717) is 12.3 Å². The second kappa shape index (κ2) is 5.72. The smallest absolute Gasteiger partial charge is 0.231 e. The number of carbonyl (C=O) groups is 1. The number of amidine groups is 1. The van der Waals surface area contributed by atoms with Crippen LogP contribution in [-0.2, 0) is 4.79 Å². The number of carbonyl (C=O) groups excluding carboxylic acids is 1. The van der Waals surface area contributed by atoms with Gasteiger partial charge >= 0.3 is 0 Å². The molecule has 0 radical (unpaired) electrons. The normalized spacial score (nSPS) is 27.8. The van der Waals surface area contributed by atoms with Gasteiger partial charge < -0.3 is 16.3 Å². The van der Waals surface area contributed by atoms with Crippen molar-refractivity contribution in [2.45, 2.75) is 45.6 Å². The average molecular weight is 227 g/mol. The highest BCUT2D eigenvalue weighted by atomic mass is 16.4. The Hall–Kier alpha value is -1.26. The van der Waals surface area contributed by atoms with Crippen molar-refractivity contribution in [1.29, 1.82) is 0 Å². The van der Waals surface area contributed by atoms with Gasteiger partial charge in [0.2, 0.25) is 5.91 Å². The van der Waals surface area contributed by atoms with Crippen LogP contribution in [0.5, 0.6) is 0 Å². The molecule has 1 aliphatic rings. The first-order chi connectivity index (χ1) is 7.60.